The molecule has 1 aliphatic carbocycles. The Morgan fingerprint density at radius 2 is 1.95 bits per heavy atom. The van der Waals surface area contributed by atoms with Crippen molar-refractivity contribution in [2.75, 3.05) is 0 Å². The van der Waals surface area contributed by atoms with Gasteiger partial charge >= 0.3 is 0 Å². The number of fused-ring (bicyclic) bond motifs is 1. The lowest BCUT2D eigenvalue weighted by Gasteiger charge is -1.98. The highest BCUT2D eigenvalue weighted by atomic mass is 32.1. The molecule has 0 spiro atoms. The maximum absolute atomic E-state index is 12.3. The molecule has 2 aromatic rings. The number of aromatic nitrogens is 1. The van der Waals surface area contributed by atoms with E-state index < -0.39 is 0 Å². The zero-order chi connectivity index (χ0) is 13.1. The van der Waals surface area contributed by atoms with E-state index in [1.165, 1.54) is 29.7 Å². The Balaban J connectivity index is 1.77. The van der Waals surface area contributed by atoms with Crippen LogP contribution in [0.4, 0.5) is 0 Å². The van der Waals surface area contributed by atoms with Crippen LogP contribution in [-0.2, 0) is 19.3 Å². The van der Waals surface area contributed by atoms with E-state index in [4.69, 9.17) is 0 Å². The van der Waals surface area contributed by atoms with Crippen molar-refractivity contribution in [1.29, 1.82) is 0 Å². The molecule has 0 saturated carbocycles. The minimum absolute atomic E-state index is 0.240. The van der Waals surface area contributed by atoms with Crippen molar-refractivity contribution < 1.29 is 4.79 Å². The number of hydrogen-bond donors (Lipinski definition) is 0. The van der Waals surface area contributed by atoms with Gasteiger partial charge in [-0.05, 0) is 55.0 Å². The van der Waals surface area contributed by atoms with Crippen molar-refractivity contribution in [3.8, 4) is 0 Å². The molecule has 2 aromatic heterocycles. The van der Waals surface area contributed by atoms with Gasteiger partial charge in [-0.25, -0.2) is 0 Å². The average Bonchev–Trinajstić information content (AvgIpc) is 2.72. The zero-order valence-corrected chi connectivity index (χ0v) is 11.7. The summed E-state index contributed by atoms with van der Waals surface area (Å²) in [6.45, 7) is 0. The van der Waals surface area contributed by atoms with Gasteiger partial charge in [0.1, 0.15) is 0 Å². The Bertz CT molecular complexity index is 550. The zero-order valence-electron chi connectivity index (χ0n) is 10.9. The number of aryl methyl sites for hydroxylation is 2. The highest BCUT2D eigenvalue weighted by Crippen LogP contribution is 2.29. The molecule has 0 fully saturated rings. The van der Waals surface area contributed by atoms with E-state index in [1.54, 1.807) is 23.7 Å². The van der Waals surface area contributed by atoms with E-state index in [9.17, 15) is 4.79 Å². The number of ketones is 1. The van der Waals surface area contributed by atoms with Crippen LogP contribution in [0.5, 0.6) is 0 Å². The molecular weight excluding hydrogens is 254 g/mol. The Kier molecular flexibility index (Phi) is 3.74. The molecule has 2 nitrogen and oxygen atoms in total. The maximum Gasteiger partial charge on any atom is 0.177 e. The average molecular weight is 271 g/mol. The molecule has 0 radical (unpaired) electrons. The lowest BCUT2D eigenvalue weighted by atomic mass is 10.1. The summed E-state index contributed by atoms with van der Waals surface area (Å²) in [7, 11) is 0. The van der Waals surface area contributed by atoms with Crippen LogP contribution in [0, 0.1) is 0 Å². The predicted octanol–water partition coefficient (Wildman–Crippen LogP) is 3.84. The van der Waals surface area contributed by atoms with Crippen molar-refractivity contribution >= 4 is 17.1 Å². The smallest absolute Gasteiger partial charge is 0.177 e. The van der Waals surface area contributed by atoms with E-state index in [2.05, 4.69) is 11.1 Å². The first-order valence-corrected chi connectivity index (χ1v) is 7.68. The van der Waals surface area contributed by atoms with E-state index >= 15 is 0 Å². The monoisotopic (exact) mass is 271 g/mol. The molecular formula is C16H17NOS. The highest BCUT2D eigenvalue weighted by Gasteiger charge is 2.16. The summed E-state index contributed by atoms with van der Waals surface area (Å²) in [6, 6.07) is 5.96. The third kappa shape index (κ3) is 2.92. The molecule has 0 amide bonds. The minimum atomic E-state index is 0.240. The van der Waals surface area contributed by atoms with Gasteiger partial charge in [0.25, 0.3) is 0 Å². The lowest BCUT2D eigenvalue weighted by molar-refractivity contribution is 0.0997. The van der Waals surface area contributed by atoms with Crippen LogP contribution in [0.2, 0.25) is 0 Å². The van der Waals surface area contributed by atoms with Gasteiger partial charge in [0.2, 0.25) is 0 Å². The number of carbonyl (C=O) groups is 1. The summed E-state index contributed by atoms with van der Waals surface area (Å²) >= 11 is 1.71. The molecule has 0 aromatic carbocycles. The molecule has 0 aliphatic heterocycles. The van der Waals surface area contributed by atoms with Gasteiger partial charge in [0.05, 0.1) is 4.88 Å². The predicted molar refractivity (Wildman–Crippen MR) is 77.8 cm³/mol. The second kappa shape index (κ2) is 5.66. The summed E-state index contributed by atoms with van der Waals surface area (Å²) in [5.41, 5.74) is 2.46. The number of nitrogens with zero attached hydrogens (tertiary/aromatic N) is 1. The Morgan fingerprint density at radius 3 is 2.79 bits per heavy atom. The first-order chi connectivity index (χ1) is 9.33. The topological polar surface area (TPSA) is 30.0 Å². The number of pyridine rings is 1. The van der Waals surface area contributed by atoms with Crippen LogP contribution in [0.15, 0.2) is 30.6 Å². The third-order valence-electron chi connectivity index (χ3n) is 3.64. The third-order valence-corrected chi connectivity index (χ3v) is 4.91. The summed E-state index contributed by atoms with van der Waals surface area (Å²) in [5.74, 6) is 0.240. The number of Topliss-reactive ketones (excluding diaryl/α,β-unsaturated/α-hetero) is 1. The van der Waals surface area contributed by atoms with Crippen molar-refractivity contribution in [1.82, 2.24) is 4.98 Å². The molecule has 3 rings (SSSR count). The molecule has 1 aliphatic rings. The van der Waals surface area contributed by atoms with Crippen LogP contribution < -0.4 is 0 Å². The van der Waals surface area contributed by atoms with Gasteiger partial charge in [0.15, 0.2) is 5.78 Å². The summed E-state index contributed by atoms with van der Waals surface area (Å²) in [6.07, 6.45) is 10.1. The van der Waals surface area contributed by atoms with E-state index in [0.717, 1.165) is 23.3 Å². The van der Waals surface area contributed by atoms with Gasteiger partial charge < -0.3 is 0 Å². The number of carbonyl (C=O) groups excluding carboxylic acids is 1. The van der Waals surface area contributed by atoms with Crippen molar-refractivity contribution in [2.24, 2.45) is 0 Å². The fraction of sp³-hybridized carbons (Fsp3) is 0.375. The second-order valence-electron chi connectivity index (χ2n) is 5.08. The second-order valence-corrected chi connectivity index (χ2v) is 6.21. The largest absolute Gasteiger partial charge is 0.293 e. The quantitative estimate of drug-likeness (QED) is 0.627. The normalized spacial score (nSPS) is 14.7. The van der Waals surface area contributed by atoms with Crippen LogP contribution in [0.25, 0.3) is 0 Å². The van der Waals surface area contributed by atoms with Crippen LogP contribution >= 0.6 is 11.3 Å². The maximum atomic E-state index is 12.3. The number of rotatable bonds is 3. The summed E-state index contributed by atoms with van der Waals surface area (Å²) in [4.78, 5) is 18.7. The molecule has 0 unspecified atom stereocenters. The van der Waals surface area contributed by atoms with Crippen LogP contribution in [0.3, 0.4) is 0 Å². The fourth-order valence-corrected chi connectivity index (χ4v) is 3.77. The van der Waals surface area contributed by atoms with Crippen molar-refractivity contribution in [2.45, 2.75) is 38.5 Å². The first-order valence-electron chi connectivity index (χ1n) is 6.86. The van der Waals surface area contributed by atoms with E-state index in [1.807, 2.05) is 12.1 Å². The van der Waals surface area contributed by atoms with Crippen molar-refractivity contribution in [3.05, 3.63) is 51.5 Å². The molecule has 2 heterocycles. The highest BCUT2D eigenvalue weighted by molar-refractivity contribution is 7.14. The summed E-state index contributed by atoms with van der Waals surface area (Å²) < 4.78 is 0. The molecule has 0 bridgehead atoms. The molecule has 3 heteroatoms. The summed E-state index contributed by atoms with van der Waals surface area (Å²) in [5, 5.41) is 0. The van der Waals surface area contributed by atoms with Gasteiger partial charge in [-0.2, -0.15) is 0 Å². The van der Waals surface area contributed by atoms with E-state index in [-0.39, 0.29) is 5.78 Å². The Hall–Kier alpha value is -1.48. The van der Waals surface area contributed by atoms with Gasteiger partial charge in [-0.1, -0.05) is 6.42 Å². The molecule has 0 N–H and O–H groups in total. The minimum Gasteiger partial charge on any atom is -0.293 e. The number of hydrogen-bond acceptors (Lipinski definition) is 3. The molecule has 0 saturated heterocycles. The van der Waals surface area contributed by atoms with Crippen molar-refractivity contribution in [3.63, 3.8) is 0 Å². The van der Waals surface area contributed by atoms with Gasteiger partial charge in [-0.3, -0.25) is 9.78 Å². The van der Waals surface area contributed by atoms with Crippen LogP contribution in [-0.4, -0.2) is 10.8 Å². The van der Waals surface area contributed by atoms with Gasteiger partial charge in [-0.15, -0.1) is 11.3 Å². The van der Waals surface area contributed by atoms with Gasteiger partial charge in [0, 0.05) is 23.7 Å². The first kappa shape index (κ1) is 12.5. The SMILES string of the molecule is O=C(Cc1ccncc1)c1cc2c(s1)CCCCC2. The Morgan fingerprint density at radius 1 is 1.16 bits per heavy atom. The molecule has 19 heavy (non-hydrogen) atoms. The Labute approximate surface area is 117 Å². The van der Waals surface area contributed by atoms with E-state index in [0.29, 0.717) is 6.42 Å². The lowest BCUT2D eigenvalue weighted by Crippen LogP contribution is -2.01. The fourth-order valence-electron chi connectivity index (χ4n) is 2.58. The molecule has 98 valence electrons. The molecule has 0 atom stereocenters. The number of thiophene rings is 1. The standard InChI is InChI=1S/C16H17NOS/c18-14(10-12-6-8-17-9-7-12)16-11-13-4-2-1-3-5-15(13)19-16/h6-9,11H,1-5,10H2. The van der Waals surface area contributed by atoms with Crippen LogP contribution in [0.1, 0.15) is 44.9 Å².